The number of rotatable bonds is 5. The van der Waals surface area contributed by atoms with Crippen molar-refractivity contribution in [2.75, 3.05) is 0 Å². The summed E-state index contributed by atoms with van der Waals surface area (Å²) in [6, 6.07) is 9.02. The first-order valence-corrected chi connectivity index (χ1v) is 12.3. The monoisotopic (exact) mass is 509 g/mol. The van der Waals surface area contributed by atoms with Crippen molar-refractivity contribution in [2.45, 2.75) is 31.9 Å². The van der Waals surface area contributed by atoms with Gasteiger partial charge in [0.2, 0.25) is 11.0 Å². The Balaban J connectivity index is 1.68. The van der Waals surface area contributed by atoms with Crippen molar-refractivity contribution in [1.29, 1.82) is 0 Å². The lowest BCUT2D eigenvalue weighted by molar-refractivity contribution is 0.218. The number of sulfonamides is 1. The van der Waals surface area contributed by atoms with Crippen molar-refractivity contribution in [1.82, 2.24) is 9.97 Å². The Kier molecular flexibility index (Phi) is 5.61. The van der Waals surface area contributed by atoms with E-state index >= 15 is 0 Å². The van der Waals surface area contributed by atoms with E-state index in [9.17, 15) is 17.6 Å². The van der Waals surface area contributed by atoms with Gasteiger partial charge in [-0.15, -0.1) is 0 Å². The van der Waals surface area contributed by atoms with Gasteiger partial charge in [0, 0.05) is 29.0 Å². The highest BCUT2D eigenvalue weighted by molar-refractivity contribution is 7.89. The molecule has 0 saturated carbocycles. The summed E-state index contributed by atoms with van der Waals surface area (Å²) in [5, 5.41) is 4.79. The Bertz CT molecular complexity index is 1830. The molecule has 184 valence electrons. The molecule has 0 unspecified atom stereocenters. The molecule has 0 radical (unpaired) electrons. The zero-order valence-corrected chi connectivity index (χ0v) is 20.2. The van der Waals surface area contributed by atoms with Crippen LogP contribution in [0.4, 0.5) is 4.39 Å². The number of hydrogen-bond acceptors (Lipinski definition) is 8. The van der Waals surface area contributed by atoms with E-state index in [2.05, 4.69) is 9.97 Å². The fourth-order valence-corrected chi connectivity index (χ4v) is 4.68. The number of halogens is 1. The highest BCUT2D eigenvalue weighted by Gasteiger charge is 2.24. The number of aryl methyl sites for hydroxylation is 1. The number of benzene rings is 1. The average molecular weight is 510 g/mol. The third kappa shape index (κ3) is 4.12. The van der Waals surface area contributed by atoms with Crippen molar-refractivity contribution in [3.8, 4) is 17.1 Å². The number of hydrogen-bond donors (Lipinski definition) is 1. The zero-order chi connectivity index (χ0) is 25.8. The summed E-state index contributed by atoms with van der Waals surface area (Å²) in [6.07, 6.45) is 2.28. The number of nitrogens with two attached hydrogens (primary N) is 1. The third-order valence-electron chi connectivity index (χ3n) is 5.76. The number of pyridine rings is 2. The van der Waals surface area contributed by atoms with Crippen LogP contribution in [0.25, 0.3) is 33.4 Å². The van der Waals surface area contributed by atoms with Gasteiger partial charge in [-0.2, -0.15) is 4.39 Å². The van der Waals surface area contributed by atoms with Crippen molar-refractivity contribution >= 4 is 32.1 Å². The SMILES string of the molecule is Cc1cc([C@@H](C)Oc2ccc(F)nc2S(N)(=O)=O)c2oc(-c3cnc4ccoc4c3)c(C)c(=O)c2c1. The Labute approximate surface area is 204 Å². The van der Waals surface area contributed by atoms with E-state index < -0.39 is 27.1 Å². The molecule has 4 aromatic heterocycles. The largest absolute Gasteiger partial charge is 0.483 e. The highest BCUT2D eigenvalue weighted by atomic mass is 32.2. The molecule has 0 bridgehead atoms. The zero-order valence-electron chi connectivity index (χ0n) is 19.4. The Hall–Kier alpha value is -4.09. The van der Waals surface area contributed by atoms with E-state index in [0.29, 0.717) is 38.9 Å². The first-order valence-electron chi connectivity index (χ1n) is 10.8. The molecule has 5 rings (SSSR count). The van der Waals surface area contributed by atoms with Gasteiger partial charge in [-0.25, -0.2) is 18.5 Å². The van der Waals surface area contributed by atoms with E-state index in [0.717, 1.165) is 17.7 Å². The van der Waals surface area contributed by atoms with Crippen LogP contribution >= 0.6 is 0 Å². The highest BCUT2D eigenvalue weighted by Crippen LogP contribution is 2.34. The fraction of sp³-hybridized carbons (Fsp3) is 0.160. The molecule has 2 N–H and O–H groups in total. The second-order valence-electron chi connectivity index (χ2n) is 8.39. The molecule has 0 aliphatic rings. The predicted octanol–water partition coefficient (Wildman–Crippen LogP) is 4.54. The first kappa shape index (κ1) is 23.6. The maximum Gasteiger partial charge on any atom is 0.259 e. The van der Waals surface area contributed by atoms with Crippen molar-refractivity contribution in [2.24, 2.45) is 5.14 Å². The van der Waals surface area contributed by atoms with Gasteiger partial charge in [0.15, 0.2) is 16.8 Å². The number of primary sulfonamides is 1. The number of furan rings is 1. The van der Waals surface area contributed by atoms with Gasteiger partial charge >= 0.3 is 0 Å². The quantitative estimate of drug-likeness (QED) is 0.341. The lowest BCUT2D eigenvalue weighted by Gasteiger charge is -2.19. The number of ether oxygens (including phenoxy) is 1. The second kappa shape index (κ2) is 8.54. The van der Waals surface area contributed by atoms with E-state index in [1.165, 1.54) is 6.26 Å². The van der Waals surface area contributed by atoms with Crippen LogP contribution < -0.4 is 15.3 Å². The normalized spacial score (nSPS) is 12.8. The molecule has 0 aliphatic heterocycles. The number of aromatic nitrogens is 2. The number of fused-ring (bicyclic) bond motifs is 2. The minimum atomic E-state index is -4.37. The Morgan fingerprint density at radius 1 is 1.14 bits per heavy atom. The molecule has 5 aromatic rings. The molecule has 11 heteroatoms. The van der Waals surface area contributed by atoms with E-state index in [1.54, 1.807) is 44.3 Å². The van der Waals surface area contributed by atoms with Gasteiger partial charge in [0.1, 0.15) is 23.0 Å². The third-order valence-corrected chi connectivity index (χ3v) is 6.59. The van der Waals surface area contributed by atoms with Gasteiger partial charge in [0.05, 0.1) is 11.6 Å². The summed E-state index contributed by atoms with van der Waals surface area (Å²) in [5.74, 6) is -0.944. The van der Waals surface area contributed by atoms with Crippen molar-refractivity contribution in [3.63, 3.8) is 0 Å². The summed E-state index contributed by atoms with van der Waals surface area (Å²) in [5.41, 5.74) is 3.39. The van der Waals surface area contributed by atoms with E-state index in [1.807, 2.05) is 6.92 Å². The van der Waals surface area contributed by atoms with Crippen LogP contribution in [0.3, 0.4) is 0 Å². The molecule has 0 saturated heterocycles. The number of nitrogens with zero attached hydrogens (tertiary/aromatic N) is 2. The molecule has 0 spiro atoms. The molecular formula is C25H20FN3O6S. The van der Waals surface area contributed by atoms with Gasteiger partial charge < -0.3 is 13.6 Å². The molecule has 36 heavy (non-hydrogen) atoms. The molecular weight excluding hydrogens is 489 g/mol. The van der Waals surface area contributed by atoms with Crippen LogP contribution in [0, 0.1) is 19.8 Å². The van der Waals surface area contributed by atoms with Crippen LogP contribution in [0.2, 0.25) is 0 Å². The van der Waals surface area contributed by atoms with Gasteiger partial charge in [-0.05, 0) is 56.7 Å². The Morgan fingerprint density at radius 3 is 2.67 bits per heavy atom. The summed E-state index contributed by atoms with van der Waals surface area (Å²) in [7, 11) is -4.37. The standard InChI is InChI=1S/C25H20FN3O6S/c1-12-8-16(14(3)34-19-4-5-21(26)29-25(19)36(27,31)32)24-17(9-12)22(30)13(2)23(35-24)15-10-20-18(28-11-15)6-7-33-20/h4-11,14H,1-3H3,(H2,27,31,32)/t14-/m1/s1. The summed E-state index contributed by atoms with van der Waals surface area (Å²) in [4.78, 5) is 21.1. The summed E-state index contributed by atoms with van der Waals surface area (Å²) >= 11 is 0. The van der Waals surface area contributed by atoms with Crippen LogP contribution in [-0.4, -0.2) is 18.4 Å². The first-order chi connectivity index (χ1) is 17.0. The lowest BCUT2D eigenvalue weighted by atomic mass is 10.00. The summed E-state index contributed by atoms with van der Waals surface area (Å²) in [6.45, 7) is 5.11. The molecule has 0 amide bonds. The Morgan fingerprint density at radius 2 is 1.92 bits per heavy atom. The molecule has 0 fully saturated rings. The van der Waals surface area contributed by atoms with Crippen LogP contribution in [0.5, 0.6) is 5.75 Å². The molecule has 0 aliphatic carbocycles. The van der Waals surface area contributed by atoms with E-state index in [4.69, 9.17) is 18.7 Å². The average Bonchev–Trinajstić information content (AvgIpc) is 3.29. The fourth-order valence-electron chi connectivity index (χ4n) is 4.07. The van der Waals surface area contributed by atoms with E-state index in [-0.39, 0.29) is 16.8 Å². The van der Waals surface area contributed by atoms with Crippen molar-refractivity contribution < 1.29 is 26.4 Å². The van der Waals surface area contributed by atoms with Crippen LogP contribution in [0.15, 0.2) is 67.5 Å². The minimum Gasteiger partial charge on any atom is -0.483 e. The maximum atomic E-state index is 13.6. The molecule has 9 nitrogen and oxygen atoms in total. The predicted molar refractivity (Wildman–Crippen MR) is 130 cm³/mol. The van der Waals surface area contributed by atoms with Crippen LogP contribution in [-0.2, 0) is 10.0 Å². The lowest BCUT2D eigenvalue weighted by Crippen LogP contribution is -2.17. The van der Waals surface area contributed by atoms with Gasteiger partial charge in [-0.1, -0.05) is 0 Å². The molecule has 1 aromatic carbocycles. The topological polar surface area (TPSA) is 139 Å². The smallest absolute Gasteiger partial charge is 0.259 e. The maximum absolute atomic E-state index is 13.6. The second-order valence-corrected chi connectivity index (χ2v) is 9.86. The van der Waals surface area contributed by atoms with Crippen LogP contribution in [0.1, 0.15) is 29.7 Å². The summed E-state index contributed by atoms with van der Waals surface area (Å²) < 4.78 is 55.1. The van der Waals surface area contributed by atoms with Crippen molar-refractivity contribution in [3.05, 3.63) is 81.7 Å². The van der Waals surface area contributed by atoms with Gasteiger partial charge in [0.25, 0.3) is 10.0 Å². The molecule has 4 heterocycles. The van der Waals surface area contributed by atoms with Gasteiger partial charge in [-0.3, -0.25) is 9.78 Å². The minimum absolute atomic E-state index is 0.233. The molecule has 1 atom stereocenters.